The van der Waals surface area contributed by atoms with Crippen LogP contribution in [0, 0.1) is 0 Å². The predicted molar refractivity (Wildman–Crippen MR) is 124 cm³/mol. The van der Waals surface area contributed by atoms with E-state index in [0.29, 0.717) is 12.5 Å². The lowest BCUT2D eigenvalue weighted by Gasteiger charge is -2.45. The van der Waals surface area contributed by atoms with E-state index in [1.165, 1.54) is 21.9 Å². The summed E-state index contributed by atoms with van der Waals surface area (Å²) in [5, 5.41) is 11.9. The zero-order valence-electron chi connectivity index (χ0n) is 18.3. The van der Waals surface area contributed by atoms with Crippen LogP contribution in [0.5, 0.6) is 0 Å². The van der Waals surface area contributed by atoms with Gasteiger partial charge < -0.3 is 9.84 Å². The average Bonchev–Trinajstić information content (AvgIpc) is 2.77. The van der Waals surface area contributed by atoms with Gasteiger partial charge in [-0.3, -0.25) is 4.90 Å². The van der Waals surface area contributed by atoms with Crippen LogP contribution in [0.15, 0.2) is 66.7 Å². The van der Waals surface area contributed by atoms with Crippen molar-refractivity contribution in [3.05, 3.63) is 83.4 Å². The molecule has 2 atom stereocenters. The fourth-order valence-corrected chi connectivity index (χ4v) is 4.48. The molecule has 1 aliphatic heterocycles. The summed E-state index contributed by atoms with van der Waals surface area (Å²) in [4.78, 5) is 2.54. The summed E-state index contributed by atoms with van der Waals surface area (Å²) in [6.45, 7) is 9.57. The monoisotopic (exact) mass is 403 g/mol. The lowest BCUT2D eigenvalue weighted by molar-refractivity contribution is -0.0466. The third-order valence-corrected chi connectivity index (χ3v) is 6.38. The normalized spacial score (nSPS) is 20.5. The van der Waals surface area contributed by atoms with Crippen LogP contribution in [-0.2, 0) is 18.0 Å². The summed E-state index contributed by atoms with van der Waals surface area (Å²) in [5.41, 5.74) is 3.62. The number of hydrogen-bond donors (Lipinski definition) is 1. The Morgan fingerprint density at radius 1 is 0.933 bits per heavy atom. The molecule has 1 heterocycles. The Labute approximate surface area is 180 Å². The molecule has 0 aromatic heterocycles. The average molecular weight is 404 g/mol. The number of ether oxygens (including phenoxy) is 1. The van der Waals surface area contributed by atoms with E-state index < -0.39 is 0 Å². The Bertz CT molecular complexity index is 974. The number of nitrogens with zero attached hydrogens (tertiary/aromatic N) is 1. The molecule has 0 saturated carbocycles. The number of benzene rings is 3. The number of rotatable bonds is 5. The molecule has 1 N–H and O–H groups in total. The van der Waals surface area contributed by atoms with Gasteiger partial charge in [-0.15, -0.1) is 0 Å². The second-order valence-electron chi connectivity index (χ2n) is 9.44. The molecule has 3 nitrogen and oxygen atoms in total. The number of hydrogen-bond acceptors (Lipinski definition) is 3. The van der Waals surface area contributed by atoms with Crippen LogP contribution >= 0.6 is 0 Å². The van der Waals surface area contributed by atoms with Crippen molar-refractivity contribution in [2.24, 2.45) is 0 Å². The Hall–Kier alpha value is -2.20. The number of aliphatic hydroxyl groups is 1. The quantitative estimate of drug-likeness (QED) is 0.610. The maximum Gasteiger partial charge on any atom is 0.0775 e. The van der Waals surface area contributed by atoms with E-state index in [0.717, 1.165) is 25.1 Å². The largest absolute Gasteiger partial charge is 0.392 e. The highest BCUT2D eigenvalue weighted by atomic mass is 16.5. The van der Waals surface area contributed by atoms with Gasteiger partial charge in [-0.1, -0.05) is 60.7 Å². The van der Waals surface area contributed by atoms with Gasteiger partial charge in [0.2, 0.25) is 0 Å². The molecule has 3 aromatic carbocycles. The van der Waals surface area contributed by atoms with Crippen molar-refractivity contribution in [2.75, 3.05) is 13.1 Å². The summed E-state index contributed by atoms with van der Waals surface area (Å²) in [5.74, 6) is 0.372. The summed E-state index contributed by atoms with van der Waals surface area (Å²) in [6, 6.07) is 23.5. The Morgan fingerprint density at radius 3 is 2.33 bits per heavy atom. The maximum atomic E-state index is 9.37. The van der Waals surface area contributed by atoms with Crippen molar-refractivity contribution in [2.45, 2.75) is 58.0 Å². The van der Waals surface area contributed by atoms with Crippen LogP contribution in [0.3, 0.4) is 0 Å². The second kappa shape index (κ2) is 8.89. The fraction of sp³-hybridized carbons (Fsp3) is 0.407. The van der Waals surface area contributed by atoms with Crippen LogP contribution in [0.2, 0.25) is 0 Å². The molecular formula is C27H33NO2. The van der Waals surface area contributed by atoms with Crippen LogP contribution in [-0.4, -0.2) is 34.7 Å². The molecule has 1 saturated heterocycles. The number of aliphatic hydroxyl groups excluding tert-OH is 1. The molecule has 0 aliphatic carbocycles. The summed E-state index contributed by atoms with van der Waals surface area (Å²) >= 11 is 0. The predicted octanol–water partition coefficient (Wildman–Crippen LogP) is 5.51. The topological polar surface area (TPSA) is 32.7 Å². The first kappa shape index (κ1) is 21.0. The van der Waals surface area contributed by atoms with Gasteiger partial charge in [0, 0.05) is 18.0 Å². The van der Waals surface area contributed by atoms with E-state index in [1.807, 2.05) is 12.1 Å². The van der Waals surface area contributed by atoms with Crippen LogP contribution in [0.4, 0.5) is 0 Å². The first-order chi connectivity index (χ1) is 14.4. The highest BCUT2D eigenvalue weighted by molar-refractivity contribution is 5.82. The minimum absolute atomic E-state index is 0.0879. The molecule has 2 unspecified atom stereocenters. The minimum atomic E-state index is 0.0879. The summed E-state index contributed by atoms with van der Waals surface area (Å²) in [7, 11) is 0. The number of likely N-dealkylation sites (tertiary alicyclic amines) is 1. The fourth-order valence-electron chi connectivity index (χ4n) is 4.48. The third kappa shape index (κ3) is 4.75. The summed E-state index contributed by atoms with van der Waals surface area (Å²) < 4.78 is 6.58. The van der Waals surface area contributed by atoms with Gasteiger partial charge in [-0.2, -0.15) is 0 Å². The van der Waals surface area contributed by atoms with Gasteiger partial charge in [0.1, 0.15) is 0 Å². The van der Waals surface area contributed by atoms with Gasteiger partial charge in [0.25, 0.3) is 0 Å². The van der Waals surface area contributed by atoms with Crippen molar-refractivity contribution in [1.82, 2.24) is 4.90 Å². The standard InChI is InChI=1S/C27H33NO2/c1-27(2,3)28-15-14-25(23-12-8-20(18-29)9-13-23)26(17-28)30-19-21-10-11-22-6-4-5-7-24(22)16-21/h4-13,16,25-26,29H,14-15,17-19H2,1-3H3. The molecule has 158 valence electrons. The van der Waals surface area contributed by atoms with Crippen molar-refractivity contribution in [1.29, 1.82) is 0 Å². The molecular weight excluding hydrogens is 370 g/mol. The van der Waals surface area contributed by atoms with Crippen molar-refractivity contribution in [3.63, 3.8) is 0 Å². The van der Waals surface area contributed by atoms with Crippen molar-refractivity contribution in [3.8, 4) is 0 Å². The number of piperidine rings is 1. The SMILES string of the molecule is CC(C)(C)N1CCC(c2ccc(CO)cc2)C(OCc2ccc3ccccc3c2)C1. The molecule has 1 fully saturated rings. The lowest BCUT2D eigenvalue weighted by atomic mass is 9.85. The van der Waals surface area contributed by atoms with Gasteiger partial charge in [0.05, 0.1) is 19.3 Å². The smallest absolute Gasteiger partial charge is 0.0775 e. The molecule has 30 heavy (non-hydrogen) atoms. The Kier molecular flexibility index (Phi) is 6.24. The molecule has 0 amide bonds. The van der Waals surface area contributed by atoms with E-state index in [4.69, 9.17) is 4.74 Å². The minimum Gasteiger partial charge on any atom is -0.392 e. The molecule has 0 radical (unpaired) electrons. The first-order valence-electron chi connectivity index (χ1n) is 11.0. The first-order valence-corrected chi connectivity index (χ1v) is 11.0. The number of fused-ring (bicyclic) bond motifs is 1. The highest BCUT2D eigenvalue weighted by Crippen LogP contribution is 2.34. The Balaban J connectivity index is 1.53. The van der Waals surface area contributed by atoms with Gasteiger partial charge in [-0.25, -0.2) is 0 Å². The summed E-state index contributed by atoms with van der Waals surface area (Å²) in [6.07, 6.45) is 1.22. The second-order valence-corrected chi connectivity index (χ2v) is 9.44. The van der Waals surface area contributed by atoms with Gasteiger partial charge in [0.15, 0.2) is 0 Å². The Morgan fingerprint density at radius 2 is 1.63 bits per heavy atom. The third-order valence-electron chi connectivity index (χ3n) is 6.38. The van der Waals surface area contributed by atoms with E-state index >= 15 is 0 Å². The van der Waals surface area contributed by atoms with Crippen LogP contribution in [0.1, 0.15) is 49.8 Å². The van der Waals surface area contributed by atoms with Crippen molar-refractivity contribution >= 4 is 10.8 Å². The van der Waals surface area contributed by atoms with Gasteiger partial charge >= 0.3 is 0 Å². The zero-order valence-corrected chi connectivity index (χ0v) is 18.3. The molecule has 0 bridgehead atoms. The van der Waals surface area contributed by atoms with Gasteiger partial charge in [-0.05, 0) is 67.3 Å². The van der Waals surface area contributed by atoms with Crippen LogP contribution < -0.4 is 0 Å². The van der Waals surface area contributed by atoms with E-state index in [-0.39, 0.29) is 18.2 Å². The molecule has 4 rings (SSSR count). The van der Waals surface area contributed by atoms with Crippen LogP contribution in [0.25, 0.3) is 10.8 Å². The molecule has 3 heteroatoms. The van der Waals surface area contributed by atoms with Crippen molar-refractivity contribution < 1.29 is 9.84 Å². The van der Waals surface area contributed by atoms with E-state index in [2.05, 4.69) is 80.3 Å². The zero-order chi connectivity index (χ0) is 21.1. The van der Waals surface area contributed by atoms with E-state index in [9.17, 15) is 5.11 Å². The molecule has 3 aromatic rings. The maximum absolute atomic E-state index is 9.37. The highest BCUT2D eigenvalue weighted by Gasteiger charge is 2.35. The molecule has 0 spiro atoms. The van der Waals surface area contributed by atoms with E-state index in [1.54, 1.807) is 0 Å². The lowest BCUT2D eigenvalue weighted by Crippen LogP contribution is -2.52. The molecule has 1 aliphatic rings.